The van der Waals surface area contributed by atoms with Gasteiger partial charge in [0.15, 0.2) is 0 Å². The number of ether oxygens (including phenoxy) is 2. The highest BCUT2D eigenvalue weighted by Gasteiger charge is 2.20. The van der Waals surface area contributed by atoms with Crippen molar-refractivity contribution in [3.63, 3.8) is 0 Å². The SMILES string of the molecule is COCCN1CCC(Oc2ccc(C(C)(C)C)cc2)CC1. The zero-order valence-electron chi connectivity index (χ0n) is 13.9. The maximum atomic E-state index is 6.12. The molecule has 0 bridgehead atoms. The number of likely N-dealkylation sites (tertiary alicyclic amines) is 1. The molecule has 0 saturated carbocycles. The highest BCUT2D eigenvalue weighted by atomic mass is 16.5. The Kier molecular flexibility index (Phi) is 5.65. The molecule has 21 heavy (non-hydrogen) atoms. The summed E-state index contributed by atoms with van der Waals surface area (Å²) in [6.45, 7) is 10.8. The van der Waals surface area contributed by atoms with Gasteiger partial charge < -0.3 is 14.4 Å². The van der Waals surface area contributed by atoms with Gasteiger partial charge in [0.1, 0.15) is 11.9 Å². The summed E-state index contributed by atoms with van der Waals surface area (Å²) in [5.41, 5.74) is 1.55. The van der Waals surface area contributed by atoms with E-state index in [9.17, 15) is 0 Å². The molecule has 3 heteroatoms. The van der Waals surface area contributed by atoms with Crippen molar-refractivity contribution < 1.29 is 9.47 Å². The number of piperidine rings is 1. The third-order valence-corrected chi connectivity index (χ3v) is 4.17. The monoisotopic (exact) mass is 291 g/mol. The first-order valence-corrected chi connectivity index (χ1v) is 7.97. The van der Waals surface area contributed by atoms with E-state index < -0.39 is 0 Å². The van der Waals surface area contributed by atoms with Gasteiger partial charge in [-0.15, -0.1) is 0 Å². The van der Waals surface area contributed by atoms with Crippen LogP contribution in [0, 0.1) is 0 Å². The van der Waals surface area contributed by atoms with E-state index in [0.29, 0.717) is 6.10 Å². The Morgan fingerprint density at radius 1 is 1.10 bits per heavy atom. The summed E-state index contributed by atoms with van der Waals surface area (Å²) in [7, 11) is 1.76. The first kappa shape index (κ1) is 16.3. The fourth-order valence-electron chi connectivity index (χ4n) is 2.70. The van der Waals surface area contributed by atoms with Crippen LogP contribution in [0.25, 0.3) is 0 Å². The summed E-state index contributed by atoms with van der Waals surface area (Å²) in [4.78, 5) is 2.45. The van der Waals surface area contributed by atoms with E-state index in [1.54, 1.807) is 7.11 Å². The van der Waals surface area contributed by atoms with Crippen molar-refractivity contribution in [2.24, 2.45) is 0 Å². The molecule has 0 atom stereocenters. The molecular formula is C18H29NO2. The molecule has 0 spiro atoms. The van der Waals surface area contributed by atoms with Crippen LogP contribution in [0.5, 0.6) is 5.75 Å². The van der Waals surface area contributed by atoms with Crippen LogP contribution >= 0.6 is 0 Å². The molecule has 0 aliphatic carbocycles. The minimum Gasteiger partial charge on any atom is -0.490 e. The third-order valence-electron chi connectivity index (χ3n) is 4.17. The van der Waals surface area contributed by atoms with Gasteiger partial charge in [-0.1, -0.05) is 32.9 Å². The molecule has 1 aliphatic rings. The number of nitrogens with zero attached hydrogens (tertiary/aromatic N) is 1. The smallest absolute Gasteiger partial charge is 0.119 e. The van der Waals surface area contributed by atoms with E-state index in [0.717, 1.165) is 44.8 Å². The lowest BCUT2D eigenvalue weighted by Crippen LogP contribution is -2.39. The molecule has 0 amide bonds. The van der Waals surface area contributed by atoms with Crippen LogP contribution in [-0.4, -0.2) is 44.4 Å². The second kappa shape index (κ2) is 7.28. The Hall–Kier alpha value is -1.06. The topological polar surface area (TPSA) is 21.7 Å². The number of hydrogen-bond acceptors (Lipinski definition) is 3. The van der Waals surface area contributed by atoms with Gasteiger partial charge in [-0.05, 0) is 36.0 Å². The molecule has 1 heterocycles. The molecule has 1 saturated heterocycles. The van der Waals surface area contributed by atoms with Gasteiger partial charge in [0.05, 0.1) is 6.61 Å². The molecule has 1 aliphatic heterocycles. The van der Waals surface area contributed by atoms with Crippen molar-refractivity contribution in [2.75, 3.05) is 33.4 Å². The molecule has 0 unspecified atom stereocenters. The zero-order chi connectivity index (χ0) is 15.3. The van der Waals surface area contributed by atoms with Gasteiger partial charge in [-0.3, -0.25) is 0 Å². The second-order valence-corrected chi connectivity index (χ2v) is 6.93. The summed E-state index contributed by atoms with van der Waals surface area (Å²) in [5.74, 6) is 0.998. The zero-order valence-corrected chi connectivity index (χ0v) is 13.9. The van der Waals surface area contributed by atoms with Crippen molar-refractivity contribution in [3.8, 4) is 5.75 Å². The molecule has 1 aromatic rings. The standard InChI is InChI=1S/C18H29NO2/c1-18(2,3)15-5-7-16(8-6-15)21-17-9-11-19(12-10-17)13-14-20-4/h5-8,17H,9-14H2,1-4H3. The molecule has 1 aromatic carbocycles. The predicted octanol–water partition coefficient (Wildman–Crippen LogP) is 3.47. The van der Waals surface area contributed by atoms with Gasteiger partial charge in [0.25, 0.3) is 0 Å². The molecule has 0 radical (unpaired) electrons. The first-order chi connectivity index (χ1) is 9.99. The quantitative estimate of drug-likeness (QED) is 0.829. The predicted molar refractivity (Wildman–Crippen MR) is 87.1 cm³/mol. The second-order valence-electron chi connectivity index (χ2n) is 6.93. The first-order valence-electron chi connectivity index (χ1n) is 7.97. The molecular weight excluding hydrogens is 262 g/mol. The Morgan fingerprint density at radius 2 is 1.71 bits per heavy atom. The van der Waals surface area contributed by atoms with E-state index >= 15 is 0 Å². The van der Waals surface area contributed by atoms with E-state index in [1.165, 1.54) is 5.56 Å². The van der Waals surface area contributed by atoms with Crippen molar-refractivity contribution in [2.45, 2.75) is 45.1 Å². The number of benzene rings is 1. The summed E-state index contributed by atoms with van der Waals surface area (Å²) < 4.78 is 11.3. The van der Waals surface area contributed by atoms with Crippen LogP contribution < -0.4 is 4.74 Å². The van der Waals surface area contributed by atoms with Crippen LogP contribution in [0.2, 0.25) is 0 Å². The molecule has 1 fully saturated rings. The van der Waals surface area contributed by atoms with E-state index in [1.807, 2.05) is 0 Å². The van der Waals surface area contributed by atoms with Crippen molar-refractivity contribution in [1.82, 2.24) is 4.90 Å². The van der Waals surface area contributed by atoms with Crippen molar-refractivity contribution in [1.29, 1.82) is 0 Å². The van der Waals surface area contributed by atoms with Gasteiger partial charge in [-0.25, -0.2) is 0 Å². The lowest BCUT2D eigenvalue weighted by Gasteiger charge is -2.32. The largest absolute Gasteiger partial charge is 0.490 e. The minimum absolute atomic E-state index is 0.200. The maximum absolute atomic E-state index is 6.12. The summed E-state index contributed by atoms with van der Waals surface area (Å²) in [5, 5.41) is 0. The Morgan fingerprint density at radius 3 is 2.24 bits per heavy atom. The lowest BCUT2D eigenvalue weighted by molar-refractivity contribution is 0.0797. The number of rotatable bonds is 5. The highest BCUT2D eigenvalue weighted by molar-refractivity contribution is 5.31. The van der Waals surface area contributed by atoms with Crippen molar-refractivity contribution in [3.05, 3.63) is 29.8 Å². The van der Waals surface area contributed by atoms with Crippen LogP contribution in [0.15, 0.2) is 24.3 Å². The minimum atomic E-state index is 0.200. The van der Waals surface area contributed by atoms with Gasteiger partial charge in [0.2, 0.25) is 0 Å². The average molecular weight is 291 g/mol. The molecule has 0 N–H and O–H groups in total. The Labute approximate surface area is 129 Å². The Balaban J connectivity index is 1.81. The van der Waals surface area contributed by atoms with Gasteiger partial charge >= 0.3 is 0 Å². The molecule has 2 rings (SSSR count). The average Bonchev–Trinajstić information content (AvgIpc) is 2.46. The third kappa shape index (κ3) is 5.01. The summed E-state index contributed by atoms with van der Waals surface area (Å²) >= 11 is 0. The van der Waals surface area contributed by atoms with Gasteiger partial charge in [0, 0.05) is 26.7 Å². The van der Waals surface area contributed by atoms with E-state index in [4.69, 9.17) is 9.47 Å². The van der Waals surface area contributed by atoms with Crippen LogP contribution in [0.4, 0.5) is 0 Å². The summed E-state index contributed by atoms with van der Waals surface area (Å²) in [6, 6.07) is 8.59. The molecule has 3 nitrogen and oxygen atoms in total. The normalized spacial score (nSPS) is 17.9. The van der Waals surface area contributed by atoms with E-state index in [-0.39, 0.29) is 5.41 Å². The fourth-order valence-corrected chi connectivity index (χ4v) is 2.70. The van der Waals surface area contributed by atoms with E-state index in [2.05, 4.69) is 49.9 Å². The van der Waals surface area contributed by atoms with Gasteiger partial charge in [-0.2, -0.15) is 0 Å². The van der Waals surface area contributed by atoms with Crippen molar-refractivity contribution >= 4 is 0 Å². The van der Waals surface area contributed by atoms with Crippen LogP contribution in [-0.2, 0) is 10.2 Å². The summed E-state index contributed by atoms with van der Waals surface area (Å²) in [6.07, 6.45) is 2.56. The lowest BCUT2D eigenvalue weighted by atomic mass is 9.87. The molecule has 118 valence electrons. The number of hydrogen-bond donors (Lipinski definition) is 0. The maximum Gasteiger partial charge on any atom is 0.119 e. The number of methoxy groups -OCH3 is 1. The van der Waals surface area contributed by atoms with Crippen LogP contribution in [0.1, 0.15) is 39.2 Å². The Bertz CT molecular complexity index is 414. The highest BCUT2D eigenvalue weighted by Crippen LogP contribution is 2.25. The fraction of sp³-hybridized carbons (Fsp3) is 0.667. The van der Waals surface area contributed by atoms with Crippen LogP contribution in [0.3, 0.4) is 0 Å². The molecule has 0 aromatic heterocycles.